The molecule has 2 rings (SSSR count). The number of carbonyl (C=O) groups is 2. The van der Waals surface area contributed by atoms with Gasteiger partial charge in [0.2, 0.25) is 0 Å². The van der Waals surface area contributed by atoms with Gasteiger partial charge in [-0.1, -0.05) is 25.5 Å². The Balaban J connectivity index is 1.79. The minimum absolute atomic E-state index is 0.0291. The molecule has 1 aliphatic heterocycles. The van der Waals surface area contributed by atoms with E-state index in [2.05, 4.69) is 28.2 Å². The maximum Gasteiger partial charge on any atom is 0.407 e. The van der Waals surface area contributed by atoms with Gasteiger partial charge in [0.15, 0.2) is 0 Å². The average molecular weight is 383 g/mol. The predicted molar refractivity (Wildman–Crippen MR) is 92.5 cm³/mol. The Morgan fingerprint density at radius 1 is 1.30 bits per heavy atom. The molecule has 0 saturated carbocycles. The number of hydrogen-bond donors (Lipinski definition) is 1. The molecule has 1 heterocycles. The van der Waals surface area contributed by atoms with Gasteiger partial charge in [0, 0.05) is 23.6 Å². The van der Waals surface area contributed by atoms with Gasteiger partial charge in [-0.3, -0.25) is 4.79 Å². The van der Waals surface area contributed by atoms with Gasteiger partial charge in [0.25, 0.3) is 5.91 Å². The minimum Gasteiger partial charge on any atom is -0.450 e. The first-order valence-electron chi connectivity index (χ1n) is 8.09. The second kappa shape index (κ2) is 8.91. The highest BCUT2D eigenvalue weighted by Gasteiger charge is 2.25. The first-order chi connectivity index (χ1) is 11.1. The minimum atomic E-state index is -0.353. The first kappa shape index (κ1) is 17.8. The fourth-order valence-corrected chi connectivity index (χ4v) is 3.00. The van der Waals surface area contributed by atoms with Crippen LogP contribution in [0.25, 0.3) is 0 Å². The van der Waals surface area contributed by atoms with Gasteiger partial charge >= 0.3 is 6.09 Å². The molecular formula is C17H23BrN2O3. The summed E-state index contributed by atoms with van der Waals surface area (Å²) in [5.74, 6) is 0.0291. The maximum absolute atomic E-state index is 12.5. The lowest BCUT2D eigenvalue weighted by Gasteiger charge is -2.32. The normalized spacial score (nSPS) is 15.3. The van der Waals surface area contributed by atoms with E-state index in [0.29, 0.717) is 25.3 Å². The lowest BCUT2D eigenvalue weighted by Crippen LogP contribution is -2.46. The van der Waals surface area contributed by atoms with Crippen LogP contribution >= 0.6 is 15.9 Å². The van der Waals surface area contributed by atoms with Crippen molar-refractivity contribution in [1.29, 1.82) is 0 Å². The molecule has 0 bridgehead atoms. The molecule has 0 spiro atoms. The van der Waals surface area contributed by atoms with E-state index in [1.54, 1.807) is 0 Å². The molecule has 0 radical (unpaired) electrons. The molecule has 1 aliphatic rings. The van der Waals surface area contributed by atoms with Crippen molar-refractivity contribution in [1.82, 2.24) is 10.2 Å². The van der Waals surface area contributed by atoms with Crippen molar-refractivity contribution in [2.75, 3.05) is 19.7 Å². The van der Waals surface area contributed by atoms with E-state index in [9.17, 15) is 9.59 Å². The van der Waals surface area contributed by atoms with E-state index in [-0.39, 0.29) is 18.0 Å². The van der Waals surface area contributed by atoms with Gasteiger partial charge in [-0.05, 0) is 47.3 Å². The largest absolute Gasteiger partial charge is 0.450 e. The van der Waals surface area contributed by atoms with E-state index in [4.69, 9.17) is 4.74 Å². The van der Waals surface area contributed by atoms with E-state index < -0.39 is 0 Å². The molecule has 6 heteroatoms. The lowest BCUT2D eigenvalue weighted by atomic mass is 10.0. The number of carbonyl (C=O) groups excluding carboxylic acids is 2. The van der Waals surface area contributed by atoms with Gasteiger partial charge in [0.05, 0.1) is 12.2 Å². The van der Waals surface area contributed by atoms with Crippen LogP contribution in [0.3, 0.4) is 0 Å². The van der Waals surface area contributed by atoms with Gasteiger partial charge < -0.3 is 15.0 Å². The fourth-order valence-electron chi connectivity index (χ4n) is 2.55. The molecule has 0 aliphatic carbocycles. The van der Waals surface area contributed by atoms with Crippen molar-refractivity contribution in [3.05, 3.63) is 34.3 Å². The second-order valence-corrected chi connectivity index (χ2v) is 6.53. The van der Waals surface area contributed by atoms with Crippen LogP contribution in [0.4, 0.5) is 4.79 Å². The summed E-state index contributed by atoms with van der Waals surface area (Å²) in [6, 6.07) is 7.52. The van der Waals surface area contributed by atoms with Gasteiger partial charge in [-0.2, -0.15) is 0 Å². The summed E-state index contributed by atoms with van der Waals surface area (Å²) in [5.41, 5.74) is 0.679. The Labute approximate surface area is 145 Å². The zero-order valence-electron chi connectivity index (χ0n) is 13.4. The Kier molecular flexibility index (Phi) is 6.89. The number of halogens is 1. The summed E-state index contributed by atoms with van der Waals surface area (Å²) >= 11 is 3.42. The quantitative estimate of drug-likeness (QED) is 0.791. The number of nitrogens with one attached hydrogen (secondary N) is 1. The van der Waals surface area contributed by atoms with Crippen LogP contribution in [0.5, 0.6) is 0 Å². The van der Waals surface area contributed by atoms with Gasteiger partial charge in [0.1, 0.15) is 0 Å². The first-order valence-corrected chi connectivity index (χ1v) is 8.88. The number of benzene rings is 1. The van der Waals surface area contributed by atoms with Crippen molar-refractivity contribution in [2.24, 2.45) is 0 Å². The van der Waals surface area contributed by atoms with Gasteiger partial charge in [-0.15, -0.1) is 0 Å². The maximum atomic E-state index is 12.5. The zero-order valence-corrected chi connectivity index (χ0v) is 15.0. The molecule has 1 aromatic rings. The molecule has 0 atom stereocenters. The predicted octanol–water partition coefficient (Wildman–Crippen LogP) is 3.58. The van der Waals surface area contributed by atoms with E-state index in [0.717, 1.165) is 30.2 Å². The average Bonchev–Trinajstić information content (AvgIpc) is 2.56. The standard InChI is InChI=1S/C17H23BrN2O3/c1-2-3-12-23-17(22)19-13-8-10-20(11-9-13)16(21)14-6-4-5-7-15(14)18/h4-7,13H,2-3,8-12H2,1H3,(H,19,22). The Hall–Kier alpha value is -1.56. The van der Waals surface area contributed by atoms with Crippen molar-refractivity contribution in [3.8, 4) is 0 Å². The molecule has 1 aromatic carbocycles. The molecule has 23 heavy (non-hydrogen) atoms. The third-order valence-electron chi connectivity index (χ3n) is 3.94. The molecule has 0 unspecified atom stereocenters. The summed E-state index contributed by atoms with van der Waals surface area (Å²) < 4.78 is 5.92. The summed E-state index contributed by atoms with van der Waals surface area (Å²) in [7, 11) is 0. The molecule has 126 valence electrons. The van der Waals surface area contributed by atoms with Crippen molar-refractivity contribution >= 4 is 27.9 Å². The van der Waals surface area contributed by atoms with Crippen LogP contribution < -0.4 is 5.32 Å². The number of nitrogens with zero attached hydrogens (tertiary/aromatic N) is 1. The topological polar surface area (TPSA) is 58.6 Å². The van der Waals surface area contributed by atoms with Crippen LogP contribution in [0.2, 0.25) is 0 Å². The summed E-state index contributed by atoms with van der Waals surface area (Å²) in [6.07, 6.45) is 3.03. The number of rotatable bonds is 5. The molecule has 1 fully saturated rings. The van der Waals surface area contributed by atoms with Crippen LogP contribution in [-0.4, -0.2) is 42.6 Å². The van der Waals surface area contributed by atoms with Crippen LogP contribution in [0.1, 0.15) is 43.0 Å². The molecule has 1 N–H and O–H groups in total. The van der Waals surface area contributed by atoms with Crippen LogP contribution in [0, 0.1) is 0 Å². The summed E-state index contributed by atoms with van der Waals surface area (Å²) in [5, 5.41) is 2.88. The molecule has 1 saturated heterocycles. The second-order valence-electron chi connectivity index (χ2n) is 5.68. The van der Waals surface area contributed by atoms with Crippen LogP contribution in [0.15, 0.2) is 28.7 Å². The Bertz CT molecular complexity index is 542. The van der Waals surface area contributed by atoms with Gasteiger partial charge in [-0.25, -0.2) is 4.79 Å². The highest BCUT2D eigenvalue weighted by atomic mass is 79.9. The fraction of sp³-hybridized carbons (Fsp3) is 0.529. The van der Waals surface area contributed by atoms with E-state index in [1.807, 2.05) is 29.2 Å². The number of unbranched alkanes of at least 4 members (excludes halogenated alkanes) is 1. The number of hydrogen-bond acceptors (Lipinski definition) is 3. The van der Waals surface area contributed by atoms with Crippen LogP contribution in [-0.2, 0) is 4.74 Å². The third kappa shape index (κ3) is 5.23. The van der Waals surface area contributed by atoms with Crippen molar-refractivity contribution in [3.63, 3.8) is 0 Å². The molecule has 2 amide bonds. The number of likely N-dealkylation sites (tertiary alicyclic amines) is 1. The summed E-state index contributed by atoms with van der Waals surface area (Å²) in [4.78, 5) is 26.0. The van der Waals surface area contributed by atoms with E-state index in [1.165, 1.54) is 0 Å². The Morgan fingerprint density at radius 3 is 2.65 bits per heavy atom. The SMILES string of the molecule is CCCCOC(=O)NC1CCN(C(=O)c2ccccc2Br)CC1. The number of piperidine rings is 1. The highest BCUT2D eigenvalue weighted by Crippen LogP contribution is 2.20. The zero-order chi connectivity index (χ0) is 16.7. The smallest absolute Gasteiger partial charge is 0.407 e. The van der Waals surface area contributed by atoms with E-state index >= 15 is 0 Å². The number of alkyl carbamates (subject to hydrolysis) is 1. The molecule has 0 aromatic heterocycles. The Morgan fingerprint density at radius 2 is 2.00 bits per heavy atom. The summed E-state index contributed by atoms with van der Waals surface area (Å²) in [6.45, 7) is 3.79. The van der Waals surface area contributed by atoms with Crippen molar-refractivity contribution in [2.45, 2.75) is 38.6 Å². The van der Waals surface area contributed by atoms with Crippen molar-refractivity contribution < 1.29 is 14.3 Å². The molecular weight excluding hydrogens is 360 g/mol. The monoisotopic (exact) mass is 382 g/mol. The number of amides is 2. The number of ether oxygens (including phenoxy) is 1. The third-order valence-corrected chi connectivity index (χ3v) is 4.63. The highest BCUT2D eigenvalue weighted by molar-refractivity contribution is 9.10. The molecule has 5 nitrogen and oxygen atoms in total. The lowest BCUT2D eigenvalue weighted by molar-refractivity contribution is 0.0701.